The number of nitrogens with one attached hydrogen (secondary N) is 1. The summed E-state index contributed by atoms with van der Waals surface area (Å²) in [6.45, 7) is 7.60. The van der Waals surface area contributed by atoms with Gasteiger partial charge >= 0.3 is 0 Å². The van der Waals surface area contributed by atoms with Gasteiger partial charge in [0.15, 0.2) is 6.29 Å². The highest BCUT2D eigenvalue weighted by Gasteiger charge is 2.48. The molecule has 0 saturated heterocycles. The molecule has 0 spiro atoms. The second-order valence-corrected chi connectivity index (χ2v) is 15.3. The number of carbonyl (C=O) groups excluding carboxylic acids is 2. The molecule has 244 valence electrons. The van der Waals surface area contributed by atoms with E-state index < -0.39 is 26.8 Å². The number of nitrogens with zero attached hydrogens (tertiary/aromatic N) is 1. The van der Waals surface area contributed by atoms with Crippen LogP contribution in [-0.2, 0) is 32.6 Å². The van der Waals surface area contributed by atoms with Crippen LogP contribution in [0.1, 0.15) is 80.8 Å². The van der Waals surface area contributed by atoms with Crippen molar-refractivity contribution in [3.63, 3.8) is 0 Å². The van der Waals surface area contributed by atoms with Crippen molar-refractivity contribution in [2.45, 2.75) is 83.2 Å². The number of halogens is 1. The molecule has 0 unspecified atom stereocenters. The normalized spacial score (nSPS) is 29.4. The predicted octanol–water partition coefficient (Wildman–Crippen LogP) is 6.50. The highest BCUT2D eigenvalue weighted by molar-refractivity contribution is 7.90. The molecule has 8 nitrogen and oxygen atoms in total. The highest BCUT2D eigenvalue weighted by atomic mass is 35.5. The molecule has 0 aromatic heterocycles. The van der Waals surface area contributed by atoms with E-state index in [1.807, 2.05) is 44.2 Å². The summed E-state index contributed by atoms with van der Waals surface area (Å²) in [5.74, 6) is -0.209. The van der Waals surface area contributed by atoms with E-state index in [-0.39, 0.29) is 23.3 Å². The van der Waals surface area contributed by atoms with E-state index in [0.29, 0.717) is 43.5 Å². The van der Waals surface area contributed by atoms with Gasteiger partial charge in [0.2, 0.25) is 10.0 Å². The van der Waals surface area contributed by atoms with Crippen molar-refractivity contribution in [3.8, 4) is 5.75 Å². The van der Waals surface area contributed by atoms with Crippen LogP contribution < -0.4 is 14.4 Å². The number of aldehydes is 1. The number of carbonyl (C=O) groups is 2. The third kappa shape index (κ3) is 7.42. The summed E-state index contributed by atoms with van der Waals surface area (Å²) in [5.41, 5.74) is 2.11. The second kappa shape index (κ2) is 14.3. The summed E-state index contributed by atoms with van der Waals surface area (Å²) in [6, 6.07) is 11.0. The predicted molar refractivity (Wildman–Crippen MR) is 177 cm³/mol. The third-order valence-electron chi connectivity index (χ3n) is 9.84. The van der Waals surface area contributed by atoms with E-state index in [9.17, 15) is 18.0 Å². The monoisotopic (exact) mass is 656 g/mol. The molecular formula is C35H45ClN2O6S. The number of amides is 1. The zero-order chi connectivity index (χ0) is 32.2. The number of hydrogen-bond donors (Lipinski definition) is 1. The smallest absolute Gasteiger partial charge is 0.264 e. The molecule has 2 heterocycles. The largest absolute Gasteiger partial charge is 0.487 e. The summed E-state index contributed by atoms with van der Waals surface area (Å²) in [7, 11) is -3.98. The minimum absolute atomic E-state index is 0.0254. The lowest BCUT2D eigenvalue weighted by Gasteiger charge is -2.48. The number of hydrogen-bond acceptors (Lipinski definition) is 7. The van der Waals surface area contributed by atoms with Crippen LogP contribution in [0.25, 0.3) is 0 Å². The van der Waals surface area contributed by atoms with Crippen LogP contribution >= 0.6 is 11.6 Å². The zero-order valence-electron chi connectivity index (χ0n) is 26.5. The van der Waals surface area contributed by atoms with Crippen LogP contribution in [0.15, 0.2) is 48.6 Å². The lowest BCUT2D eigenvalue weighted by atomic mass is 9.64. The summed E-state index contributed by atoms with van der Waals surface area (Å²) >= 11 is 6.33. The lowest BCUT2D eigenvalue weighted by molar-refractivity contribution is -0.141. The van der Waals surface area contributed by atoms with Gasteiger partial charge in [-0.25, -0.2) is 13.1 Å². The maximum Gasteiger partial charge on any atom is 0.264 e. The van der Waals surface area contributed by atoms with Gasteiger partial charge in [-0.2, -0.15) is 0 Å². The molecule has 5 atom stereocenters. The molecule has 1 aliphatic carbocycles. The van der Waals surface area contributed by atoms with E-state index in [4.69, 9.17) is 21.1 Å². The number of rotatable bonds is 4. The number of ether oxygens (including phenoxy) is 2. The first-order valence-electron chi connectivity index (χ1n) is 16.2. The Morgan fingerprint density at radius 1 is 1.13 bits per heavy atom. The van der Waals surface area contributed by atoms with Gasteiger partial charge in [-0.15, -0.1) is 0 Å². The first kappa shape index (κ1) is 33.5. The average Bonchev–Trinajstić information content (AvgIpc) is 3.03. The minimum Gasteiger partial charge on any atom is -0.487 e. The fourth-order valence-corrected chi connectivity index (χ4v) is 8.19. The van der Waals surface area contributed by atoms with E-state index in [1.54, 1.807) is 25.1 Å². The average molecular weight is 657 g/mol. The molecular weight excluding hydrogens is 612 g/mol. The van der Waals surface area contributed by atoms with Crippen LogP contribution in [-0.4, -0.2) is 51.2 Å². The van der Waals surface area contributed by atoms with Gasteiger partial charge in [0.05, 0.1) is 10.9 Å². The summed E-state index contributed by atoms with van der Waals surface area (Å²) < 4.78 is 41.7. The van der Waals surface area contributed by atoms with Crippen molar-refractivity contribution in [1.82, 2.24) is 4.72 Å². The Morgan fingerprint density at radius 3 is 2.69 bits per heavy atom. The SMILES string of the molecule is CCCO[C@]1(C=O)/C=C/C[C@H](C)[C@@H](C)S(=O)(=O)NC(=O)c2ccc3c(c2)N(CCCCc2cc(Cl)ccc2CO3)C[C@@H]2CC[C@H]21. The van der Waals surface area contributed by atoms with E-state index in [1.165, 1.54) is 0 Å². The molecule has 2 aliphatic heterocycles. The Bertz CT molecular complexity index is 1530. The van der Waals surface area contributed by atoms with E-state index in [0.717, 1.165) is 61.6 Å². The van der Waals surface area contributed by atoms with Gasteiger partial charge in [0, 0.05) is 36.2 Å². The molecule has 1 amide bonds. The molecule has 1 fully saturated rings. The number of allylic oxidation sites excluding steroid dienone is 1. The number of anilines is 1. The fraction of sp³-hybridized carbons (Fsp3) is 0.543. The topological polar surface area (TPSA) is 102 Å². The Balaban J connectivity index is 1.58. The number of sulfonamides is 1. The Morgan fingerprint density at radius 2 is 1.96 bits per heavy atom. The van der Waals surface area contributed by atoms with Crippen LogP contribution in [0.4, 0.5) is 5.69 Å². The molecule has 0 radical (unpaired) electrons. The first-order valence-corrected chi connectivity index (χ1v) is 18.1. The molecule has 10 heteroatoms. The Kier molecular flexibility index (Phi) is 10.6. The maximum atomic E-state index is 13.4. The van der Waals surface area contributed by atoms with Crippen molar-refractivity contribution < 1.29 is 27.5 Å². The molecule has 1 N–H and O–H groups in total. The van der Waals surface area contributed by atoms with Crippen molar-refractivity contribution >= 4 is 39.5 Å². The van der Waals surface area contributed by atoms with E-state index in [2.05, 4.69) is 9.62 Å². The van der Waals surface area contributed by atoms with Crippen molar-refractivity contribution in [2.24, 2.45) is 17.8 Å². The lowest BCUT2D eigenvalue weighted by Crippen LogP contribution is -2.52. The molecule has 3 aliphatic rings. The molecule has 5 rings (SSSR count). The van der Waals surface area contributed by atoms with Gasteiger partial charge in [-0.1, -0.05) is 37.6 Å². The molecule has 45 heavy (non-hydrogen) atoms. The van der Waals surface area contributed by atoms with Gasteiger partial charge in [-0.05, 0) is 111 Å². The summed E-state index contributed by atoms with van der Waals surface area (Å²) in [6.07, 6.45) is 10.4. The molecule has 2 aromatic carbocycles. The van der Waals surface area contributed by atoms with Gasteiger partial charge in [0.1, 0.15) is 18.0 Å². The summed E-state index contributed by atoms with van der Waals surface area (Å²) in [5, 5.41) is -0.149. The van der Waals surface area contributed by atoms with Crippen LogP contribution in [0.3, 0.4) is 0 Å². The van der Waals surface area contributed by atoms with Crippen LogP contribution in [0.2, 0.25) is 5.02 Å². The molecule has 2 aromatic rings. The summed E-state index contributed by atoms with van der Waals surface area (Å²) in [4.78, 5) is 28.5. The molecule has 1 saturated carbocycles. The van der Waals surface area contributed by atoms with Gasteiger partial charge in [0.25, 0.3) is 5.91 Å². The zero-order valence-corrected chi connectivity index (χ0v) is 28.0. The van der Waals surface area contributed by atoms with Crippen molar-refractivity contribution in [1.29, 1.82) is 0 Å². The van der Waals surface area contributed by atoms with Crippen LogP contribution in [0, 0.1) is 17.8 Å². The Labute approximate surface area is 272 Å². The number of aryl methyl sites for hydroxylation is 1. The van der Waals surface area contributed by atoms with Crippen molar-refractivity contribution in [2.75, 3.05) is 24.6 Å². The highest BCUT2D eigenvalue weighted by Crippen LogP contribution is 2.46. The van der Waals surface area contributed by atoms with Crippen molar-refractivity contribution in [3.05, 3.63) is 70.3 Å². The Hall–Kier alpha value is -2.88. The van der Waals surface area contributed by atoms with Gasteiger partial charge < -0.3 is 14.4 Å². The minimum atomic E-state index is -3.98. The second-order valence-electron chi connectivity index (χ2n) is 12.8. The van der Waals surface area contributed by atoms with Crippen LogP contribution in [0.5, 0.6) is 5.75 Å². The fourth-order valence-electron chi connectivity index (χ4n) is 6.71. The van der Waals surface area contributed by atoms with Gasteiger partial charge in [-0.3, -0.25) is 9.59 Å². The number of fused-ring (bicyclic) bond motifs is 3. The maximum absolute atomic E-state index is 13.4. The quantitative estimate of drug-likeness (QED) is 0.296. The number of benzene rings is 2. The molecule has 2 bridgehead atoms. The third-order valence-corrected chi connectivity index (χ3v) is 12.0. The van der Waals surface area contributed by atoms with E-state index >= 15 is 0 Å². The first-order chi connectivity index (χ1) is 21.6. The standard InChI is InChI=1S/C35H45ClN2O6S/c1-4-18-44-35(23-39)16-7-8-24(2)25(3)45(41,42)37-34(40)27-12-15-33-32(20-27)38(21-28-11-14-31(28)35)17-6-5-9-26-19-30(36)13-10-29(26)22-43-33/h7,10,12-13,15-16,19-20,23-25,28,31H,4-6,8-9,11,14,17-18,21-22H2,1-3H3,(H,37,40)/b16-7+/t24-,25+,28-,31+,35-/m0/s1.